The molecule has 1 fully saturated rings. The zero-order chi connectivity index (χ0) is 20.2. The normalized spacial score (nSPS) is 20.2. The van der Waals surface area contributed by atoms with Crippen molar-refractivity contribution in [2.24, 2.45) is 0 Å². The van der Waals surface area contributed by atoms with Gasteiger partial charge in [-0.1, -0.05) is 43.0 Å². The van der Waals surface area contributed by atoms with Gasteiger partial charge < -0.3 is 9.47 Å². The second kappa shape index (κ2) is 12.4. The van der Waals surface area contributed by atoms with Crippen molar-refractivity contribution in [3.8, 4) is 0 Å². The largest absolute Gasteiger partial charge is 0.375 e. The third-order valence-electron chi connectivity index (χ3n) is 4.96. The monoisotopic (exact) mass is 410 g/mol. The van der Waals surface area contributed by atoms with Gasteiger partial charge in [0.2, 0.25) is 0 Å². The summed E-state index contributed by atoms with van der Waals surface area (Å²) in [7, 11) is -3.78. The third kappa shape index (κ3) is 8.03. The Morgan fingerprint density at radius 1 is 1.14 bits per heavy atom. The van der Waals surface area contributed by atoms with Crippen LogP contribution < -0.4 is 0 Å². The second-order valence-corrected chi connectivity index (χ2v) is 8.97. The lowest BCUT2D eigenvalue weighted by Crippen LogP contribution is -2.40. The highest BCUT2D eigenvalue weighted by Crippen LogP contribution is 2.21. The van der Waals surface area contributed by atoms with Gasteiger partial charge in [-0.25, -0.2) is 0 Å². The molecule has 0 radical (unpaired) electrons. The molecule has 0 saturated carbocycles. The van der Waals surface area contributed by atoms with E-state index in [1.807, 2.05) is 13.0 Å². The van der Waals surface area contributed by atoms with Crippen molar-refractivity contribution >= 4 is 10.1 Å². The van der Waals surface area contributed by atoms with Crippen LogP contribution in [0.4, 0.5) is 0 Å². The lowest BCUT2D eigenvalue weighted by atomic mass is 10.1. The van der Waals surface area contributed by atoms with Crippen molar-refractivity contribution < 1.29 is 22.1 Å². The first-order valence-corrected chi connectivity index (χ1v) is 11.7. The molecule has 1 aromatic rings. The van der Waals surface area contributed by atoms with Gasteiger partial charge in [-0.15, -0.1) is 6.58 Å². The Kier molecular flexibility index (Phi) is 10.2. The molecule has 2 atom stereocenters. The Balaban J connectivity index is 1.73. The molecule has 158 valence electrons. The van der Waals surface area contributed by atoms with E-state index in [0.29, 0.717) is 13.2 Å². The fourth-order valence-corrected chi connectivity index (χ4v) is 4.16. The summed E-state index contributed by atoms with van der Waals surface area (Å²) in [5.41, 5.74) is 1.00. The number of unbranched alkanes of at least 4 members (excludes halogenated alkanes) is 5. The number of rotatable bonds is 13. The summed E-state index contributed by atoms with van der Waals surface area (Å²) < 4.78 is 41.8. The zero-order valence-electron chi connectivity index (χ0n) is 17.0. The molecular formula is C22H34O5S. The van der Waals surface area contributed by atoms with Crippen LogP contribution in [0.15, 0.2) is 41.8 Å². The summed E-state index contributed by atoms with van der Waals surface area (Å²) >= 11 is 0. The molecule has 2 rings (SSSR count). The van der Waals surface area contributed by atoms with E-state index in [-0.39, 0.29) is 23.7 Å². The molecule has 1 aliphatic heterocycles. The molecule has 5 nitrogen and oxygen atoms in total. The number of hydrogen-bond acceptors (Lipinski definition) is 5. The lowest BCUT2D eigenvalue weighted by molar-refractivity contribution is -0.118. The summed E-state index contributed by atoms with van der Waals surface area (Å²) in [4.78, 5) is 0.169. The molecule has 0 aliphatic carbocycles. The van der Waals surface area contributed by atoms with Crippen molar-refractivity contribution in [3.05, 3.63) is 42.5 Å². The summed E-state index contributed by atoms with van der Waals surface area (Å²) in [5.74, 6) is 0. The topological polar surface area (TPSA) is 61.8 Å². The maximum Gasteiger partial charge on any atom is 0.297 e. The number of aryl methyl sites for hydroxylation is 1. The van der Waals surface area contributed by atoms with E-state index in [1.54, 1.807) is 24.3 Å². The van der Waals surface area contributed by atoms with Gasteiger partial charge in [-0.2, -0.15) is 8.42 Å². The van der Waals surface area contributed by atoms with Gasteiger partial charge in [-0.3, -0.25) is 4.18 Å². The van der Waals surface area contributed by atoms with Crippen LogP contribution in [0.3, 0.4) is 0 Å². The van der Waals surface area contributed by atoms with Crippen molar-refractivity contribution in [1.29, 1.82) is 0 Å². The minimum absolute atomic E-state index is 0.0115. The maximum absolute atomic E-state index is 12.4. The van der Waals surface area contributed by atoms with Gasteiger partial charge in [0.25, 0.3) is 10.1 Å². The molecular weight excluding hydrogens is 376 g/mol. The van der Waals surface area contributed by atoms with Crippen LogP contribution in [0.25, 0.3) is 0 Å². The Hall–Kier alpha value is -1.21. The molecule has 0 amide bonds. The van der Waals surface area contributed by atoms with Crippen molar-refractivity contribution in [3.63, 3.8) is 0 Å². The number of benzene rings is 1. The highest BCUT2D eigenvalue weighted by atomic mass is 32.2. The maximum atomic E-state index is 12.4. The summed E-state index contributed by atoms with van der Waals surface area (Å²) in [5, 5.41) is 0. The molecule has 0 bridgehead atoms. The highest BCUT2D eigenvalue weighted by Gasteiger charge is 2.29. The Morgan fingerprint density at radius 2 is 1.86 bits per heavy atom. The van der Waals surface area contributed by atoms with Crippen LogP contribution in [-0.2, 0) is 23.8 Å². The van der Waals surface area contributed by atoms with E-state index in [9.17, 15) is 8.42 Å². The molecule has 6 heteroatoms. The quantitative estimate of drug-likeness (QED) is 0.266. The Bertz CT molecular complexity index is 669. The van der Waals surface area contributed by atoms with E-state index in [2.05, 4.69) is 6.58 Å². The first kappa shape index (κ1) is 23.1. The molecule has 1 aromatic carbocycles. The van der Waals surface area contributed by atoms with Gasteiger partial charge in [-0.05, 0) is 51.2 Å². The van der Waals surface area contributed by atoms with Crippen molar-refractivity contribution in [1.82, 2.24) is 0 Å². The minimum Gasteiger partial charge on any atom is -0.375 e. The van der Waals surface area contributed by atoms with E-state index in [0.717, 1.165) is 37.7 Å². The van der Waals surface area contributed by atoms with Crippen LogP contribution in [-0.4, -0.2) is 40.4 Å². The average Bonchev–Trinajstić information content (AvgIpc) is 2.69. The van der Waals surface area contributed by atoms with Crippen LogP contribution in [0, 0.1) is 6.92 Å². The van der Waals surface area contributed by atoms with Crippen LogP contribution in [0.5, 0.6) is 0 Å². The van der Waals surface area contributed by atoms with Crippen LogP contribution in [0.2, 0.25) is 0 Å². The molecule has 1 saturated heterocycles. The number of hydrogen-bond donors (Lipinski definition) is 0. The predicted octanol–water partition coefficient (Wildman–Crippen LogP) is 4.79. The Labute approximate surface area is 170 Å². The fraction of sp³-hybridized carbons (Fsp3) is 0.636. The second-order valence-electron chi connectivity index (χ2n) is 7.36. The molecule has 0 spiro atoms. The molecule has 0 unspecified atom stereocenters. The van der Waals surface area contributed by atoms with Gasteiger partial charge in [0.15, 0.2) is 0 Å². The molecule has 0 aromatic heterocycles. The van der Waals surface area contributed by atoms with Gasteiger partial charge >= 0.3 is 0 Å². The molecule has 0 N–H and O–H groups in total. The van der Waals surface area contributed by atoms with E-state index in [4.69, 9.17) is 13.7 Å². The van der Waals surface area contributed by atoms with Gasteiger partial charge in [0.1, 0.15) is 6.10 Å². The van der Waals surface area contributed by atoms with Crippen LogP contribution >= 0.6 is 0 Å². The van der Waals surface area contributed by atoms with E-state index in [1.165, 1.54) is 19.3 Å². The molecule has 28 heavy (non-hydrogen) atoms. The summed E-state index contributed by atoms with van der Waals surface area (Å²) in [6.07, 6.45) is 10.2. The van der Waals surface area contributed by atoms with E-state index >= 15 is 0 Å². The zero-order valence-corrected chi connectivity index (χ0v) is 17.8. The minimum atomic E-state index is -3.78. The molecule has 1 aliphatic rings. The summed E-state index contributed by atoms with van der Waals surface area (Å²) in [6.45, 7) is 6.93. The number of ether oxygens (including phenoxy) is 2. The van der Waals surface area contributed by atoms with Crippen LogP contribution in [0.1, 0.15) is 56.9 Å². The predicted molar refractivity (Wildman–Crippen MR) is 111 cm³/mol. The fourth-order valence-electron chi connectivity index (χ4n) is 3.24. The first-order valence-electron chi connectivity index (χ1n) is 10.3. The number of allylic oxidation sites excluding steroid dienone is 1. The van der Waals surface area contributed by atoms with E-state index < -0.39 is 10.1 Å². The van der Waals surface area contributed by atoms with Gasteiger partial charge in [0, 0.05) is 13.2 Å². The van der Waals surface area contributed by atoms with Crippen molar-refractivity contribution in [2.45, 2.75) is 75.4 Å². The lowest BCUT2D eigenvalue weighted by Gasteiger charge is -2.31. The summed E-state index contributed by atoms with van der Waals surface area (Å²) in [6, 6.07) is 6.65. The third-order valence-corrected chi connectivity index (χ3v) is 6.26. The molecule has 1 heterocycles. The Morgan fingerprint density at radius 3 is 2.61 bits per heavy atom. The smallest absolute Gasteiger partial charge is 0.297 e. The average molecular weight is 411 g/mol. The van der Waals surface area contributed by atoms with Gasteiger partial charge in [0.05, 0.1) is 17.6 Å². The highest BCUT2D eigenvalue weighted by molar-refractivity contribution is 7.86. The standard InChI is InChI=1S/C22H34O5S/c1-3-4-5-6-7-8-9-16-25-21-11-10-17-26-22(21)18-27-28(23,24)20-14-12-19(2)13-15-20/h3,12-15,21-22H,1,4-11,16-18H2,2H3/t21-,22+/m0/s1. The van der Waals surface area contributed by atoms with Crippen molar-refractivity contribution in [2.75, 3.05) is 19.8 Å². The first-order chi connectivity index (χ1) is 13.5. The SMILES string of the molecule is C=CCCCCCCCO[C@H]1CCCO[C@@H]1COS(=O)(=O)c1ccc(C)cc1.